The molecule has 0 aliphatic heterocycles. The summed E-state index contributed by atoms with van der Waals surface area (Å²) < 4.78 is 0. The third-order valence-corrected chi connectivity index (χ3v) is 4.19. The summed E-state index contributed by atoms with van der Waals surface area (Å²) in [7, 11) is 0. The monoisotopic (exact) mass is 319 g/mol. The second-order valence-corrected chi connectivity index (χ2v) is 6.13. The van der Waals surface area contributed by atoms with Crippen LogP contribution < -0.4 is 5.32 Å². The fourth-order valence-corrected chi connectivity index (χ4v) is 2.57. The number of nitrogens with one attached hydrogen (secondary N) is 1. The maximum absolute atomic E-state index is 11.5. The van der Waals surface area contributed by atoms with Crippen molar-refractivity contribution in [2.24, 2.45) is 0 Å². The molecule has 0 heterocycles. The molecule has 104 valence electrons. The van der Waals surface area contributed by atoms with Gasteiger partial charge in [0.05, 0.1) is 11.5 Å². The smallest absolute Gasteiger partial charge is 0.313 e. The van der Waals surface area contributed by atoms with Crippen LogP contribution in [0.4, 0.5) is 0 Å². The number of halogens is 1. The number of amides is 1. The van der Waals surface area contributed by atoms with E-state index in [4.69, 9.17) is 16.7 Å². The molecule has 19 heavy (non-hydrogen) atoms. The molecule has 1 rings (SSSR count). The molecule has 0 spiro atoms. The quantitative estimate of drug-likeness (QED) is 0.569. The van der Waals surface area contributed by atoms with Crippen molar-refractivity contribution in [3.05, 3.63) is 29.3 Å². The molecular formula is C12H14ClNO3S2. The molecule has 0 fully saturated rings. The van der Waals surface area contributed by atoms with Gasteiger partial charge in [-0.2, -0.15) is 0 Å². The highest BCUT2D eigenvalue weighted by molar-refractivity contribution is 8.00. The van der Waals surface area contributed by atoms with E-state index >= 15 is 0 Å². The molecule has 0 saturated carbocycles. The molecular weight excluding hydrogens is 306 g/mol. The maximum atomic E-state index is 11.5. The number of rotatable bonds is 8. The van der Waals surface area contributed by atoms with Gasteiger partial charge in [-0.1, -0.05) is 11.6 Å². The summed E-state index contributed by atoms with van der Waals surface area (Å²) in [5, 5.41) is 11.8. The van der Waals surface area contributed by atoms with Gasteiger partial charge in [0, 0.05) is 22.2 Å². The lowest BCUT2D eigenvalue weighted by molar-refractivity contribution is -0.133. The van der Waals surface area contributed by atoms with Crippen LogP contribution in [-0.2, 0) is 9.59 Å². The molecule has 0 aliphatic carbocycles. The first-order chi connectivity index (χ1) is 9.08. The van der Waals surface area contributed by atoms with Crippen molar-refractivity contribution < 1.29 is 14.7 Å². The minimum atomic E-state index is -0.838. The first-order valence-electron chi connectivity index (χ1n) is 5.52. The molecule has 0 aromatic heterocycles. The number of hydrogen-bond donors (Lipinski definition) is 2. The largest absolute Gasteiger partial charge is 0.481 e. The van der Waals surface area contributed by atoms with Crippen LogP contribution in [-0.4, -0.2) is 40.8 Å². The van der Waals surface area contributed by atoms with Crippen LogP contribution in [0.1, 0.15) is 0 Å². The Bertz CT molecular complexity index is 425. The number of hydrogen-bond acceptors (Lipinski definition) is 4. The Balaban J connectivity index is 2.11. The Kier molecular flexibility index (Phi) is 7.78. The lowest BCUT2D eigenvalue weighted by Gasteiger charge is -2.04. The van der Waals surface area contributed by atoms with Crippen LogP contribution >= 0.6 is 35.1 Å². The van der Waals surface area contributed by atoms with Gasteiger partial charge in [0.15, 0.2) is 0 Å². The Morgan fingerprint density at radius 2 is 1.89 bits per heavy atom. The number of benzene rings is 1. The minimum Gasteiger partial charge on any atom is -0.481 e. The standard InChI is InChI=1S/C12H14ClNO3S2/c13-9-1-3-10(4-2-9)19-7-11(15)14-5-6-18-8-12(16)17/h1-4H,5-8H2,(H,14,15)(H,16,17). The lowest BCUT2D eigenvalue weighted by Crippen LogP contribution is -2.27. The van der Waals surface area contributed by atoms with E-state index in [1.807, 2.05) is 12.1 Å². The summed E-state index contributed by atoms with van der Waals surface area (Å²) in [6, 6.07) is 7.29. The second kappa shape index (κ2) is 9.12. The van der Waals surface area contributed by atoms with Crippen molar-refractivity contribution in [3.8, 4) is 0 Å². The van der Waals surface area contributed by atoms with Gasteiger partial charge < -0.3 is 10.4 Å². The fourth-order valence-electron chi connectivity index (χ4n) is 1.15. The van der Waals surface area contributed by atoms with Gasteiger partial charge >= 0.3 is 5.97 Å². The predicted molar refractivity (Wildman–Crippen MR) is 80.1 cm³/mol. The first kappa shape index (κ1) is 16.2. The van der Waals surface area contributed by atoms with Crippen LogP contribution in [0.2, 0.25) is 5.02 Å². The number of carbonyl (C=O) groups is 2. The number of thioether (sulfide) groups is 2. The van der Waals surface area contributed by atoms with Crippen LogP contribution in [0.15, 0.2) is 29.2 Å². The summed E-state index contributed by atoms with van der Waals surface area (Å²) in [6.45, 7) is 0.484. The van der Waals surface area contributed by atoms with Crippen LogP contribution in [0.25, 0.3) is 0 Å². The topological polar surface area (TPSA) is 66.4 Å². The molecule has 1 aromatic rings. The molecule has 0 bridgehead atoms. The average molecular weight is 320 g/mol. The van der Waals surface area contributed by atoms with Gasteiger partial charge in [-0.15, -0.1) is 23.5 Å². The summed E-state index contributed by atoms with van der Waals surface area (Å²) >= 11 is 8.48. The number of aliphatic carboxylic acids is 1. The van der Waals surface area contributed by atoms with Gasteiger partial charge in [0.1, 0.15) is 0 Å². The van der Waals surface area contributed by atoms with E-state index in [0.29, 0.717) is 23.1 Å². The van der Waals surface area contributed by atoms with Crippen molar-refractivity contribution in [2.75, 3.05) is 23.8 Å². The molecule has 4 nitrogen and oxygen atoms in total. The molecule has 7 heteroatoms. The lowest BCUT2D eigenvalue weighted by atomic mass is 10.4. The normalized spacial score (nSPS) is 10.2. The van der Waals surface area contributed by atoms with Gasteiger partial charge in [-0.05, 0) is 24.3 Å². The third kappa shape index (κ3) is 8.02. The van der Waals surface area contributed by atoms with Gasteiger partial charge in [-0.3, -0.25) is 9.59 Å². The van der Waals surface area contributed by atoms with E-state index in [-0.39, 0.29) is 11.7 Å². The third-order valence-electron chi connectivity index (χ3n) is 1.98. The molecule has 0 atom stereocenters. The molecule has 0 aliphatic rings. The Morgan fingerprint density at radius 3 is 2.53 bits per heavy atom. The SMILES string of the molecule is O=C(O)CSCCNC(=O)CSc1ccc(Cl)cc1. The molecule has 0 unspecified atom stereocenters. The molecule has 1 amide bonds. The summed E-state index contributed by atoms with van der Waals surface area (Å²) in [4.78, 5) is 22.7. The highest BCUT2D eigenvalue weighted by atomic mass is 35.5. The maximum Gasteiger partial charge on any atom is 0.313 e. The molecule has 0 saturated heterocycles. The van der Waals surface area contributed by atoms with Crippen molar-refractivity contribution in [2.45, 2.75) is 4.90 Å². The summed E-state index contributed by atoms with van der Waals surface area (Å²) in [5.41, 5.74) is 0. The van der Waals surface area contributed by atoms with Crippen molar-refractivity contribution in [1.29, 1.82) is 0 Å². The molecule has 1 aromatic carbocycles. The predicted octanol–water partition coefficient (Wildman–Crippen LogP) is 2.37. The van der Waals surface area contributed by atoms with Gasteiger partial charge in [-0.25, -0.2) is 0 Å². The zero-order valence-electron chi connectivity index (χ0n) is 10.1. The minimum absolute atomic E-state index is 0.0594. The number of carboxylic acids is 1. The fraction of sp³-hybridized carbons (Fsp3) is 0.333. The molecule has 2 N–H and O–H groups in total. The van der Waals surface area contributed by atoms with Crippen LogP contribution in [0.5, 0.6) is 0 Å². The van der Waals surface area contributed by atoms with Crippen LogP contribution in [0, 0.1) is 0 Å². The second-order valence-electron chi connectivity index (χ2n) is 3.54. The molecule has 0 radical (unpaired) electrons. The zero-order chi connectivity index (χ0) is 14.1. The highest BCUT2D eigenvalue weighted by Gasteiger charge is 2.03. The Labute approximate surface area is 125 Å². The van der Waals surface area contributed by atoms with Crippen molar-refractivity contribution in [3.63, 3.8) is 0 Å². The van der Waals surface area contributed by atoms with Gasteiger partial charge in [0.2, 0.25) is 5.91 Å². The summed E-state index contributed by atoms with van der Waals surface area (Å²) in [5.74, 6) is 0.107. The van der Waals surface area contributed by atoms with E-state index in [1.54, 1.807) is 12.1 Å². The van der Waals surface area contributed by atoms with Crippen LogP contribution in [0.3, 0.4) is 0 Å². The highest BCUT2D eigenvalue weighted by Crippen LogP contribution is 2.19. The van der Waals surface area contributed by atoms with E-state index in [2.05, 4.69) is 5.32 Å². The summed E-state index contributed by atoms with van der Waals surface area (Å²) in [6.07, 6.45) is 0. The zero-order valence-corrected chi connectivity index (χ0v) is 12.5. The van der Waals surface area contributed by atoms with E-state index in [0.717, 1.165) is 4.90 Å². The number of carbonyl (C=O) groups excluding carboxylic acids is 1. The van der Waals surface area contributed by atoms with E-state index in [1.165, 1.54) is 23.5 Å². The first-order valence-corrected chi connectivity index (χ1v) is 8.04. The van der Waals surface area contributed by atoms with Gasteiger partial charge in [0.25, 0.3) is 0 Å². The van der Waals surface area contributed by atoms with E-state index in [9.17, 15) is 9.59 Å². The number of carboxylic acid groups (broad SMARTS) is 1. The average Bonchev–Trinajstić information content (AvgIpc) is 2.37. The Morgan fingerprint density at radius 1 is 1.21 bits per heavy atom. The van der Waals surface area contributed by atoms with Crippen molar-refractivity contribution in [1.82, 2.24) is 5.32 Å². The van der Waals surface area contributed by atoms with E-state index < -0.39 is 5.97 Å². The van der Waals surface area contributed by atoms with Crippen molar-refractivity contribution >= 4 is 47.0 Å². The Hall–Kier alpha value is -0.850.